The van der Waals surface area contributed by atoms with E-state index < -0.39 is 0 Å². The quantitative estimate of drug-likeness (QED) is 0.714. The zero-order valence-electron chi connectivity index (χ0n) is 13.7. The maximum atomic E-state index is 12.9. The molecule has 1 amide bonds. The van der Waals surface area contributed by atoms with Crippen molar-refractivity contribution in [3.63, 3.8) is 0 Å². The Morgan fingerprint density at radius 3 is 2.72 bits per heavy atom. The van der Waals surface area contributed by atoms with Crippen molar-refractivity contribution in [3.05, 3.63) is 76.0 Å². The molecule has 3 aromatic rings. The third-order valence-corrected chi connectivity index (χ3v) is 4.41. The number of aryl methyl sites for hydroxylation is 1. The lowest BCUT2D eigenvalue weighted by Gasteiger charge is -2.07. The molecule has 0 saturated carbocycles. The number of nitrogens with one attached hydrogen (secondary N) is 1. The zero-order chi connectivity index (χ0) is 17.6. The zero-order valence-corrected chi connectivity index (χ0v) is 14.5. The van der Waals surface area contributed by atoms with Crippen molar-refractivity contribution in [1.82, 2.24) is 4.98 Å². The molecule has 6 heteroatoms. The van der Waals surface area contributed by atoms with Crippen LogP contribution in [-0.4, -0.2) is 10.9 Å². The number of benzene rings is 2. The van der Waals surface area contributed by atoms with Gasteiger partial charge in [-0.2, -0.15) is 0 Å². The summed E-state index contributed by atoms with van der Waals surface area (Å²) in [4.78, 5) is 16.5. The van der Waals surface area contributed by atoms with Gasteiger partial charge < -0.3 is 10.1 Å². The van der Waals surface area contributed by atoms with Gasteiger partial charge in [-0.05, 0) is 42.8 Å². The second-order valence-electron chi connectivity index (χ2n) is 5.52. The highest BCUT2D eigenvalue weighted by molar-refractivity contribution is 7.09. The van der Waals surface area contributed by atoms with Crippen molar-refractivity contribution in [2.75, 3.05) is 5.32 Å². The summed E-state index contributed by atoms with van der Waals surface area (Å²) in [5, 5.41) is 5.50. The Bertz CT molecular complexity index is 862. The normalized spacial score (nSPS) is 10.5. The highest BCUT2D eigenvalue weighted by atomic mass is 32.1. The standard InChI is InChI=1S/C19H17FN2O2S/c1-13-4-2-3-5-17(13)22-18(23)10-15-12-25-19(21-15)11-24-16-8-6-14(20)7-9-16/h2-9,12H,10-11H2,1H3,(H,22,23). The third kappa shape index (κ3) is 4.87. The van der Waals surface area contributed by atoms with Gasteiger partial charge in [-0.25, -0.2) is 9.37 Å². The molecule has 3 rings (SSSR count). The molecule has 0 aliphatic heterocycles. The Labute approximate surface area is 149 Å². The topological polar surface area (TPSA) is 51.2 Å². The summed E-state index contributed by atoms with van der Waals surface area (Å²) in [6.07, 6.45) is 0.210. The van der Waals surface area contributed by atoms with Crippen LogP contribution in [0.5, 0.6) is 5.75 Å². The molecule has 128 valence electrons. The average molecular weight is 356 g/mol. The van der Waals surface area contributed by atoms with Gasteiger partial charge >= 0.3 is 0 Å². The molecule has 1 N–H and O–H groups in total. The molecule has 2 aromatic carbocycles. The lowest BCUT2D eigenvalue weighted by Crippen LogP contribution is -2.15. The number of hydrogen-bond donors (Lipinski definition) is 1. The number of thiazole rings is 1. The molecule has 25 heavy (non-hydrogen) atoms. The first kappa shape index (κ1) is 17.1. The van der Waals surface area contributed by atoms with Gasteiger partial charge in [0.15, 0.2) is 0 Å². The maximum Gasteiger partial charge on any atom is 0.230 e. The molecule has 0 atom stereocenters. The molecule has 0 spiro atoms. The van der Waals surface area contributed by atoms with Gasteiger partial charge in [0.05, 0.1) is 12.1 Å². The lowest BCUT2D eigenvalue weighted by molar-refractivity contribution is -0.115. The SMILES string of the molecule is Cc1ccccc1NC(=O)Cc1csc(COc2ccc(F)cc2)n1. The number of nitrogens with zero attached hydrogens (tertiary/aromatic N) is 1. The molecule has 0 unspecified atom stereocenters. The first-order valence-electron chi connectivity index (χ1n) is 7.77. The number of hydrogen-bond acceptors (Lipinski definition) is 4. The summed E-state index contributed by atoms with van der Waals surface area (Å²) >= 11 is 1.43. The van der Waals surface area contributed by atoms with E-state index in [2.05, 4.69) is 10.3 Å². The summed E-state index contributed by atoms with van der Waals surface area (Å²) in [6.45, 7) is 2.24. The van der Waals surface area contributed by atoms with Crippen LogP contribution in [0.2, 0.25) is 0 Å². The number of aromatic nitrogens is 1. The van der Waals surface area contributed by atoms with Crippen molar-refractivity contribution in [3.8, 4) is 5.75 Å². The van der Waals surface area contributed by atoms with E-state index >= 15 is 0 Å². The summed E-state index contributed by atoms with van der Waals surface area (Å²) in [5.74, 6) is 0.171. The van der Waals surface area contributed by atoms with Gasteiger partial charge in [-0.15, -0.1) is 11.3 Å². The van der Waals surface area contributed by atoms with Gasteiger partial charge in [0, 0.05) is 11.1 Å². The van der Waals surface area contributed by atoms with Crippen molar-refractivity contribution in [2.45, 2.75) is 20.0 Å². The molecule has 0 aliphatic carbocycles. The van der Waals surface area contributed by atoms with Crippen LogP contribution in [0.3, 0.4) is 0 Å². The number of halogens is 1. The first-order chi connectivity index (χ1) is 12.1. The summed E-state index contributed by atoms with van der Waals surface area (Å²) < 4.78 is 18.4. The molecule has 1 heterocycles. The Kier molecular flexibility index (Phi) is 5.40. The molecular formula is C19H17FN2O2S. The van der Waals surface area contributed by atoms with Crippen molar-refractivity contribution in [1.29, 1.82) is 0 Å². The van der Waals surface area contributed by atoms with Crippen LogP contribution >= 0.6 is 11.3 Å². The smallest absolute Gasteiger partial charge is 0.230 e. The van der Waals surface area contributed by atoms with Gasteiger partial charge in [0.2, 0.25) is 5.91 Å². The predicted molar refractivity (Wildman–Crippen MR) is 96.4 cm³/mol. The number of ether oxygens (including phenoxy) is 1. The monoisotopic (exact) mass is 356 g/mol. The number of rotatable bonds is 6. The highest BCUT2D eigenvalue weighted by Crippen LogP contribution is 2.17. The van der Waals surface area contributed by atoms with E-state index in [-0.39, 0.29) is 24.8 Å². The minimum absolute atomic E-state index is 0.106. The largest absolute Gasteiger partial charge is 0.486 e. The Morgan fingerprint density at radius 2 is 1.96 bits per heavy atom. The van der Waals surface area contributed by atoms with Crippen LogP contribution in [0.15, 0.2) is 53.9 Å². The lowest BCUT2D eigenvalue weighted by atomic mass is 10.2. The van der Waals surface area contributed by atoms with E-state index in [1.54, 1.807) is 12.1 Å². The third-order valence-electron chi connectivity index (χ3n) is 3.54. The Balaban J connectivity index is 1.53. The van der Waals surface area contributed by atoms with E-state index in [1.165, 1.54) is 23.5 Å². The van der Waals surface area contributed by atoms with Crippen LogP contribution in [0.4, 0.5) is 10.1 Å². The second-order valence-corrected chi connectivity index (χ2v) is 6.46. The van der Waals surface area contributed by atoms with Gasteiger partial charge in [-0.1, -0.05) is 18.2 Å². The molecule has 4 nitrogen and oxygen atoms in total. The summed E-state index contributed by atoms with van der Waals surface area (Å²) in [7, 11) is 0. The molecular weight excluding hydrogens is 339 g/mol. The van der Waals surface area contributed by atoms with Gasteiger partial charge in [-0.3, -0.25) is 4.79 Å². The summed E-state index contributed by atoms with van der Waals surface area (Å²) in [5.41, 5.74) is 2.53. The van der Waals surface area contributed by atoms with E-state index in [0.717, 1.165) is 16.3 Å². The van der Waals surface area contributed by atoms with Gasteiger partial charge in [0.25, 0.3) is 0 Å². The van der Waals surface area contributed by atoms with Crippen LogP contribution < -0.4 is 10.1 Å². The molecule has 0 saturated heterocycles. The number of amides is 1. The minimum Gasteiger partial charge on any atom is -0.486 e. The minimum atomic E-state index is -0.302. The number of para-hydroxylation sites is 1. The number of anilines is 1. The van der Waals surface area contributed by atoms with E-state index in [1.807, 2.05) is 36.6 Å². The average Bonchev–Trinajstić information content (AvgIpc) is 3.04. The van der Waals surface area contributed by atoms with Gasteiger partial charge in [0.1, 0.15) is 23.2 Å². The van der Waals surface area contributed by atoms with Crippen LogP contribution in [-0.2, 0) is 17.8 Å². The molecule has 0 aliphatic rings. The fourth-order valence-corrected chi connectivity index (χ4v) is 2.95. The fourth-order valence-electron chi connectivity index (χ4n) is 2.24. The molecule has 0 radical (unpaired) electrons. The van der Waals surface area contributed by atoms with E-state index in [4.69, 9.17) is 4.74 Å². The number of carbonyl (C=O) groups is 1. The molecule has 0 fully saturated rings. The number of carbonyl (C=O) groups excluding carboxylic acids is 1. The first-order valence-corrected chi connectivity index (χ1v) is 8.65. The van der Waals surface area contributed by atoms with Crippen LogP contribution in [0, 0.1) is 12.7 Å². The Morgan fingerprint density at radius 1 is 1.20 bits per heavy atom. The summed E-state index contributed by atoms with van der Waals surface area (Å²) in [6, 6.07) is 13.5. The van der Waals surface area contributed by atoms with Crippen molar-refractivity contribution >= 4 is 22.9 Å². The molecule has 1 aromatic heterocycles. The second kappa shape index (κ2) is 7.90. The molecule has 0 bridgehead atoms. The van der Waals surface area contributed by atoms with Crippen molar-refractivity contribution in [2.24, 2.45) is 0 Å². The fraction of sp³-hybridized carbons (Fsp3) is 0.158. The highest BCUT2D eigenvalue weighted by Gasteiger charge is 2.09. The van der Waals surface area contributed by atoms with Crippen molar-refractivity contribution < 1.29 is 13.9 Å². The predicted octanol–water partition coefficient (Wildman–Crippen LogP) is 4.35. The van der Waals surface area contributed by atoms with Crippen LogP contribution in [0.25, 0.3) is 0 Å². The maximum absolute atomic E-state index is 12.9. The van der Waals surface area contributed by atoms with E-state index in [9.17, 15) is 9.18 Å². The van der Waals surface area contributed by atoms with Crippen LogP contribution in [0.1, 0.15) is 16.3 Å². The van der Waals surface area contributed by atoms with E-state index in [0.29, 0.717) is 11.4 Å². The Hall–Kier alpha value is -2.73.